The predicted molar refractivity (Wildman–Crippen MR) is 109 cm³/mol. The molecule has 0 aliphatic heterocycles. The predicted octanol–water partition coefficient (Wildman–Crippen LogP) is 4.69. The van der Waals surface area contributed by atoms with Crippen molar-refractivity contribution in [1.82, 2.24) is 9.47 Å². The van der Waals surface area contributed by atoms with Crippen molar-refractivity contribution in [2.45, 2.75) is 20.4 Å². The highest BCUT2D eigenvalue weighted by Crippen LogP contribution is 2.24. The summed E-state index contributed by atoms with van der Waals surface area (Å²) in [4.78, 5) is 26.5. The van der Waals surface area contributed by atoms with E-state index in [4.69, 9.17) is 11.6 Å². The van der Waals surface area contributed by atoms with Crippen LogP contribution >= 0.6 is 11.6 Å². The highest BCUT2D eigenvalue weighted by Gasteiger charge is 2.16. The summed E-state index contributed by atoms with van der Waals surface area (Å²) < 4.78 is 28.5. The van der Waals surface area contributed by atoms with Crippen molar-refractivity contribution < 1.29 is 18.4 Å². The van der Waals surface area contributed by atoms with E-state index in [2.05, 4.69) is 5.32 Å². The van der Waals surface area contributed by atoms with Gasteiger partial charge < -0.3 is 14.8 Å². The zero-order chi connectivity index (χ0) is 21.1. The van der Waals surface area contributed by atoms with Crippen molar-refractivity contribution in [1.29, 1.82) is 0 Å². The van der Waals surface area contributed by atoms with Gasteiger partial charge in [-0.25, -0.2) is 8.78 Å². The molecule has 1 heterocycles. The van der Waals surface area contributed by atoms with E-state index >= 15 is 0 Å². The van der Waals surface area contributed by atoms with Gasteiger partial charge in [-0.1, -0.05) is 11.6 Å². The number of carbonyl (C=O) groups is 2. The van der Waals surface area contributed by atoms with E-state index in [-0.39, 0.29) is 23.0 Å². The first-order valence-corrected chi connectivity index (χ1v) is 9.54. The number of anilines is 1. The van der Waals surface area contributed by atoms with E-state index in [0.29, 0.717) is 18.8 Å². The van der Waals surface area contributed by atoms with Crippen LogP contribution in [0.3, 0.4) is 0 Å². The molecule has 0 bridgehead atoms. The molecule has 0 saturated heterocycles. The molecule has 0 aliphatic rings. The zero-order valence-corrected chi connectivity index (χ0v) is 16.8. The van der Waals surface area contributed by atoms with Crippen LogP contribution in [-0.4, -0.2) is 34.4 Å². The minimum atomic E-state index is -1.15. The molecule has 0 fully saturated rings. The minimum Gasteiger partial charge on any atom is -0.342 e. The van der Waals surface area contributed by atoms with Gasteiger partial charge in [-0.05, 0) is 50.2 Å². The normalized spacial score (nSPS) is 10.9. The van der Waals surface area contributed by atoms with E-state index in [0.717, 1.165) is 23.0 Å². The van der Waals surface area contributed by atoms with Crippen LogP contribution in [0.4, 0.5) is 14.5 Å². The van der Waals surface area contributed by atoms with Crippen LogP contribution in [0.25, 0.3) is 10.9 Å². The van der Waals surface area contributed by atoms with Gasteiger partial charge in [0.05, 0.1) is 10.6 Å². The first kappa shape index (κ1) is 20.8. The highest BCUT2D eigenvalue weighted by atomic mass is 35.5. The molecule has 5 nitrogen and oxygen atoms in total. The van der Waals surface area contributed by atoms with Gasteiger partial charge in [0.2, 0.25) is 5.91 Å². The maximum Gasteiger partial charge on any atom is 0.257 e. The number of nitrogens with zero attached hydrogens (tertiary/aromatic N) is 2. The number of fused-ring (bicyclic) bond motifs is 1. The summed E-state index contributed by atoms with van der Waals surface area (Å²) in [7, 11) is 0. The number of hydrogen-bond donors (Lipinski definition) is 1. The molecule has 0 spiro atoms. The molecule has 0 atom stereocenters. The summed E-state index contributed by atoms with van der Waals surface area (Å²) in [6, 6.07) is 8.56. The van der Waals surface area contributed by atoms with Gasteiger partial charge in [0.1, 0.15) is 6.54 Å². The van der Waals surface area contributed by atoms with E-state index in [1.54, 1.807) is 23.1 Å². The van der Waals surface area contributed by atoms with Gasteiger partial charge in [0.25, 0.3) is 5.91 Å². The minimum absolute atomic E-state index is 0.0258. The lowest BCUT2D eigenvalue weighted by atomic mass is 10.1. The number of hydrogen-bond acceptors (Lipinski definition) is 2. The summed E-state index contributed by atoms with van der Waals surface area (Å²) in [6.07, 6.45) is 1.81. The van der Waals surface area contributed by atoms with Crippen molar-refractivity contribution in [2.75, 3.05) is 18.4 Å². The third kappa shape index (κ3) is 4.40. The van der Waals surface area contributed by atoms with Gasteiger partial charge >= 0.3 is 0 Å². The number of halogens is 3. The van der Waals surface area contributed by atoms with Gasteiger partial charge in [-0.15, -0.1) is 0 Å². The van der Waals surface area contributed by atoms with Crippen molar-refractivity contribution in [2.24, 2.45) is 0 Å². The van der Waals surface area contributed by atoms with Crippen molar-refractivity contribution in [3.8, 4) is 0 Å². The summed E-state index contributed by atoms with van der Waals surface area (Å²) in [5, 5.41) is 3.28. The molecule has 0 aliphatic carbocycles. The van der Waals surface area contributed by atoms with Crippen LogP contribution in [0.5, 0.6) is 0 Å². The van der Waals surface area contributed by atoms with Crippen LogP contribution in [0.2, 0.25) is 5.02 Å². The Morgan fingerprint density at radius 3 is 2.45 bits per heavy atom. The second kappa shape index (κ2) is 8.61. The largest absolute Gasteiger partial charge is 0.342 e. The quantitative estimate of drug-likeness (QED) is 0.589. The molecule has 8 heteroatoms. The lowest BCUT2D eigenvalue weighted by Gasteiger charge is -2.19. The Kier molecular flexibility index (Phi) is 6.17. The molecule has 29 heavy (non-hydrogen) atoms. The molecule has 3 aromatic rings. The molecule has 3 rings (SSSR count). The lowest BCUT2D eigenvalue weighted by Crippen LogP contribution is -2.33. The Balaban J connectivity index is 1.80. The fourth-order valence-electron chi connectivity index (χ4n) is 3.13. The summed E-state index contributed by atoms with van der Waals surface area (Å²) in [5.41, 5.74) is 1.15. The molecular weight excluding hydrogens is 400 g/mol. The van der Waals surface area contributed by atoms with Crippen LogP contribution in [0.1, 0.15) is 24.2 Å². The number of amides is 2. The number of nitrogens with one attached hydrogen (secondary N) is 1. The van der Waals surface area contributed by atoms with Gasteiger partial charge in [0, 0.05) is 35.9 Å². The number of rotatable bonds is 6. The topological polar surface area (TPSA) is 54.3 Å². The van der Waals surface area contributed by atoms with Gasteiger partial charge in [-0.2, -0.15) is 0 Å². The molecule has 1 aromatic heterocycles. The molecule has 2 aromatic carbocycles. The smallest absolute Gasteiger partial charge is 0.257 e. The maximum absolute atomic E-state index is 13.4. The lowest BCUT2D eigenvalue weighted by molar-refractivity contribution is -0.131. The molecule has 2 amide bonds. The SMILES string of the molecule is CCN(CC)C(=O)Cn1ccc2cc(NC(=O)c3cc(F)c(F)cc3Cl)ccc21. The molecule has 1 N–H and O–H groups in total. The fourth-order valence-corrected chi connectivity index (χ4v) is 3.37. The van der Waals surface area contributed by atoms with Gasteiger partial charge in [-0.3, -0.25) is 9.59 Å². The Hall–Kier alpha value is -2.93. The third-order valence-corrected chi connectivity index (χ3v) is 5.02. The molecule has 0 saturated carbocycles. The number of likely N-dealkylation sites (N-methyl/N-ethyl adjacent to an activating group) is 1. The number of carbonyl (C=O) groups excluding carboxylic acids is 2. The standard InChI is InChI=1S/C21H20ClF2N3O2/c1-3-26(4-2)20(28)12-27-8-7-13-9-14(5-6-19(13)27)25-21(29)15-10-17(23)18(24)11-16(15)22/h5-11H,3-4,12H2,1-2H3,(H,25,29). The molecule has 152 valence electrons. The monoisotopic (exact) mass is 419 g/mol. The van der Waals surface area contributed by atoms with Crippen LogP contribution in [-0.2, 0) is 11.3 Å². The molecule has 0 unspecified atom stereocenters. The maximum atomic E-state index is 13.4. The fraction of sp³-hybridized carbons (Fsp3) is 0.238. The third-order valence-electron chi connectivity index (χ3n) is 4.71. The van der Waals surface area contributed by atoms with Crippen molar-refractivity contribution >= 4 is 40.0 Å². The summed E-state index contributed by atoms with van der Waals surface area (Å²) >= 11 is 5.85. The van der Waals surface area contributed by atoms with Crippen LogP contribution in [0, 0.1) is 11.6 Å². The van der Waals surface area contributed by atoms with E-state index in [1.807, 2.05) is 30.7 Å². The molecule has 0 radical (unpaired) electrons. The Labute approximate surface area is 171 Å². The van der Waals surface area contributed by atoms with E-state index in [9.17, 15) is 18.4 Å². The Morgan fingerprint density at radius 1 is 1.07 bits per heavy atom. The van der Waals surface area contributed by atoms with Crippen LogP contribution in [0.15, 0.2) is 42.6 Å². The Bertz CT molecular complexity index is 1080. The summed E-state index contributed by atoms with van der Waals surface area (Å²) in [5.74, 6) is -2.89. The van der Waals surface area contributed by atoms with Crippen LogP contribution < -0.4 is 5.32 Å². The number of aromatic nitrogens is 1. The first-order valence-electron chi connectivity index (χ1n) is 9.16. The van der Waals surface area contributed by atoms with E-state index in [1.165, 1.54) is 0 Å². The first-order chi connectivity index (χ1) is 13.8. The van der Waals surface area contributed by atoms with Crippen molar-refractivity contribution in [3.63, 3.8) is 0 Å². The van der Waals surface area contributed by atoms with Gasteiger partial charge in [0.15, 0.2) is 11.6 Å². The van der Waals surface area contributed by atoms with E-state index < -0.39 is 17.5 Å². The van der Waals surface area contributed by atoms with Crippen molar-refractivity contribution in [3.05, 3.63) is 64.8 Å². The Morgan fingerprint density at radius 2 is 1.76 bits per heavy atom. The number of benzene rings is 2. The second-order valence-corrected chi connectivity index (χ2v) is 6.89. The summed E-state index contributed by atoms with van der Waals surface area (Å²) in [6.45, 7) is 5.39. The average Bonchev–Trinajstić information content (AvgIpc) is 3.07. The zero-order valence-electron chi connectivity index (χ0n) is 16.0. The highest BCUT2D eigenvalue weighted by molar-refractivity contribution is 6.34. The average molecular weight is 420 g/mol. The second-order valence-electron chi connectivity index (χ2n) is 6.48. The molecular formula is C21H20ClF2N3O2.